The lowest BCUT2D eigenvalue weighted by Crippen LogP contribution is -2.28. The second kappa shape index (κ2) is 5.98. The van der Waals surface area contributed by atoms with Gasteiger partial charge in [0, 0.05) is 18.7 Å². The minimum absolute atomic E-state index is 0.0226. The number of carbonyl (C=O) groups excluding carboxylic acids is 1. The molecule has 0 aliphatic rings. The molecule has 0 fully saturated rings. The molecule has 0 aliphatic carbocycles. The maximum atomic E-state index is 11.8. The Morgan fingerprint density at radius 1 is 1.53 bits per heavy atom. The van der Waals surface area contributed by atoms with Gasteiger partial charge in [-0.2, -0.15) is 0 Å². The Morgan fingerprint density at radius 3 is 2.63 bits per heavy atom. The zero-order chi connectivity index (χ0) is 14.6. The summed E-state index contributed by atoms with van der Waals surface area (Å²) in [5.41, 5.74) is -0.0239. The molecule has 8 heteroatoms. The van der Waals surface area contributed by atoms with Crippen molar-refractivity contribution in [2.24, 2.45) is 0 Å². The highest BCUT2D eigenvalue weighted by molar-refractivity contribution is 5.93. The predicted octanol–water partition coefficient (Wildman–Crippen LogP) is 1.18. The maximum absolute atomic E-state index is 11.8. The minimum Gasteiger partial charge on any atom is -0.481 e. The molecule has 1 aromatic heterocycles. The van der Waals surface area contributed by atoms with Crippen LogP contribution in [-0.4, -0.2) is 33.0 Å². The van der Waals surface area contributed by atoms with Crippen molar-refractivity contribution in [1.82, 2.24) is 9.88 Å². The third-order valence-corrected chi connectivity index (χ3v) is 2.46. The molecule has 0 saturated heterocycles. The molecular formula is C11H15N3O5. The number of rotatable bonds is 6. The van der Waals surface area contributed by atoms with E-state index in [4.69, 9.17) is 5.11 Å². The molecule has 2 N–H and O–H groups in total. The number of aliphatic carboxylic acids is 1. The number of nitro groups is 1. The van der Waals surface area contributed by atoms with Crippen LogP contribution in [0.1, 0.15) is 36.8 Å². The van der Waals surface area contributed by atoms with Crippen molar-refractivity contribution in [3.63, 3.8) is 0 Å². The van der Waals surface area contributed by atoms with Crippen molar-refractivity contribution in [2.45, 2.75) is 26.3 Å². The Kier molecular flexibility index (Phi) is 4.62. The molecule has 1 amide bonds. The zero-order valence-corrected chi connectivity index (χ0v) is 10.6. The van der Waals surface area contributed by atoms with E-state index < -0.39 is 16.8 Å². The molecule has 1 heterocycles. The van der Waals surface area contributed by atoms with Gasteiger partial charge >= 0.3 is 5.97 Å². The van der Waals surface area contributed by atoms with Crippen LogP contribution in [0.3, 0.4) is 0 Å². The molecule has 0 bridgehead atoms. The fraction of sp³-hybridized carbons (Fsp3) is 0.455. The third-order valence-electron chi connectivity index (χ3n) is 2.46. The Hall–Kier alpha value is -2.38. The van der Waals surface area contributed by atoms with Gasteiger partial charge in [-0.15, -0.1) is 0 Å². The van der Waals surface area contributed by atoms with Crippen molar-refractivity contribution in [3.05, 3.63) is 28.1 Å². The van der Waals surface area contributed by atoms with Crippen LogP contribution >= 0.6 is 0 Å². The Labute approximate surface area is 109 Å². The molecule has 0 atom stereocenters. The van der Waals surface area contributed by atoms with Gasteiger partial charge < -0.3 is 15.0 Å². The lowest BCUT2D eigenvalue weighted by atomic mass is 10.3. The topological polar surface area (TPSA) is 114 Å². The van der Waals surface area contributed by atoms with E-state index in [1.165, 1.54) is 16.8 Å². The number of hydrogen-bond acceptors (Lipinski definition) is 4. The van der Waals surface area contributed by atoms with E-state index >= 15 is 0 Å². The first-order chi connectivity index (χ1) is 8.82. The highest BCUT2D eigenvalue weighted by Gasteiger charge is 2.20. The molecule has 0 unspecified atom stereocenters. The van der Waals surface area contributed by atoms with Crippen molar-refractivity contribution in [3.8, 4) is 0 Å². The molecule has 19 heavy (non-hydrogen) atoms. The van der Waals surface area contributed by atoms with E-state index in [2.05, 4.69) is 5.32 Å². The molecule has 0 radical (unpaired) electrons. The summed E-state index contributed by atoms with van der Waals surface area (Å²) in [6, 6.07) is 1.06. The van der Waals surface area contributed by atoms with Gasteiger partial charge in [0.25, 0.3) is 11.6 Å². The number of carbonyl (C=O) groups is 2. The number of amides is 1. The van der Waals surface area contributed by atoms with Gasteiger partial charge in [-0.3, -0.25) is 19.7 Å². The van der Waals surface area contributed by atoms with Crippen molar-refractivity contribution in [1.29, 1.82) is 0 Å². The third kappa shape index (κ3) is 3.80. The summed E-state index contributed by atoms with van der Waals surface area (Å²) in [6.45, 7) is 3.56. The zero-order valence-electron chi connectivity index (χ0n) is 10.6. The maximum Gasteiger partial charge on any atom is 0.305 e. The summed E-state index contributed by atoms with van der Waals surface area (Å²) in [6.07, 6.45) is 1.09. The standard InChI is InChI=1S/C11H15N3O5/c1-7(2)13-6-8(14(18)19)5-9(13)11(17)12-4-3-10(15)16/h5-7H,3-4H2,1-2H3,(H,12,17)(H,15,16). The van der Waals surface area contributed by atoms with Gasteiger partial charge in [0.15, 0.2) is 0 Å². The van der Waals surface area contributed by atoms with Crippen molar-refractivity contribution in [2.75, 3.05) is 6.54 Å². The van der Waals surface area contributed by atoms with Gasteiger partial charge in [0.05, 0.1) is 17.5 Å². The number of hydrogen-bond donors (Lipinski definition) is 2. The molecule has 1 aromatic rings. The lowest BCUT2D eigenvalue weighted by Gasteiger charge is -2.11. The van der Waals surface area contributed by atoms with Crippen LogP contribution in [0.25, 0.3) is 0 Å². The summed E-state index contributed by atoms with van der Waals surface area (Å²) < 4.78 is 1.48. The monoisotopic (exact) mass is 269 g/mol. The fourth-order valence-electron chi connectivity index (χ4n) is 1.55. The highest BCUT2D eigenvalue weighted by Crippen LogP contribution is 2.20. The van der Waals surface area contributed by atoms with Crippen LogP contribution in [0.15, 0.2) is 12.3 Å². The second-order valence-electron chi connectivity index (χ2n) is 4.24. The van der Waals surface area contributed by atoms with E-state index in [1.807, 2.05) is 0 Å². The first-order valence-electron chi connectivity index (χ1n) is 5.69. The van der Waals surface area contributed by atoms with Crippen molar-refractivity contribution < 1.29 is 19.6 Å². The number of nitrogens with one attached hydrogen (secondary N) is 1. The quantitative estimate of drug-likeness (QED) is 0.594. The SMILES string of the molecule is CC(C)n1cc([N+](=O)[O-])cc1C(=O)NCCC(=O)O. The van der Waals surface area contributed by atoms with Gasteiger partial charge in [-0.05, 0) is 13.8 Å². The Bertz CT molecular complexity index is 506. The van der Waals surface area contributed by atoms with Crippen LogP contribution in [0, 0.1) is 10.1 Å². The van der Waals surface area contributed by atoms with E-state index in [-0.39, 0.29) is 30.4 Å². The van der Waals surface area contributed by atoms with E-state index in [0.717, 1.165) is 0 Å². The Balaban J connectivity index is 2.88. The van der Waals surface area contributed by atoms with Crippen LogP contribution < -0.4 is 5.32 Å². The lowest BCUT2D eigenvalue weighted by molar-refractivity contribution is -0.384. The first-order valence-corrected chi connectivity index (χ1v) is 5.69. The average molecular weight is 269 g/mol. The first kappa shape index (κ1) is 14.7. The molecule has 8 nitrogen and oxygen atoms in total. The minimum atomic E-state index is -1.02. The van der Waals surface area contributed by atoms with Crippen LogP contribution in [0.2, 0.25) is 0 Å². The molecule has 0 spiro atoms. The van der Waals surface area contributed by atoms with E-state index in [0.29, 0.717) is 0 Å². The number of carboxylic acid groups (broad SMARTS) is 1. The summed E-state index contributed by atoms with van der Waals surface area (Å²) in [7, 11) is 0. The van der Waals surface area contributed by atoms with Crippen LogP contribution in [0.4, 0.5) is 5.69 Å². The Morgan fingerprint density at radius 2 is 2.16 bits per heavy atom. The van der Waals surface area contributed by atoms with Gasteiger partial charge in [-0.1, -0.05) is 0 Å². The molecular weight excluding hydrogens is 254 g/mol. The van der Waals surface area contributed by atoms with E-state index in [1.54, 1.807) is 13.8 Å². The van der Waals surface area contributed by atoms with Crippen LogP contribution in [-0.2, 0) is 4.79 Å². The van der Waals surface area contributed by atoms with Gasteiger partial charge in [0.2, 0.25) is 0 Å². The number of carboxylic acids is 1. The fourth-order valence-corrected chi connectivity index (χ4v) is 1.55. The molecule has 0 aromatic carbocycles. The van der Waals surface area contributed by atoms with Crippen molar-refractivity contribution >= 4 is 17.6 Å². The average Bonchev–Trinajstić information content (AvgIpc) is 2.73. The van der Waals surface area contributed by atoms with E-state index in [9.17, 15) is 19.7 Å². The van der Waals surface area contributed by atoms with Crippen LogP contribution in [0.5, 0.6) is 0 Å². The number of aromatic nitrogens is 1. The normalized spacial score (nSPS) is 10.5. The largest absolute Gasteiger partial charge is 0.481 e. The number of nitrogens with zero attached hydrogens (tertiary/aromatic N) is 2. The molecule has 0 aliphatic heterocycles. The summed E-state index contributed by atoms with van der Waals surface area (Å²) in [5, 5.41) is 21.6. The predicted molar refractivity (Wildman–Crippen MR) is 66.1 cm³/mol. The second-order valence-corrected chi connectivity index (χ2v) is 4.24. The van der Waals surface area contributed by atoms with Gasteiger partial charge in [0.1, 0.15) is 5.69 Å². The summed E-state index contributed by atoms with van der Waals surface area (Å²) in [5.74, 6) is -1.55. The molecule has 0 saturated carbocycles. The van der Waals surface area contributed by atoms with Gasteiger partial charge in [-0.25, -0.2) is 0 Å². The highest BCUT2D eigenvalue weighted by atomic mass is 16.6. The summed E-state index contributed by atoms with van der Waals surface area (Å²) in [4.78, 5) is 32.3. The smallest absolute Gasteiger partial charge is 0.305 e. The summed E-state index contributed by atoms with van der Waals surface area (Å²) >= 11 is 0. The molecule has 104 valence electrons. The molecule has 1 rings (SSSR count).